The smallest absolute Gasteiger partial charge is 0.256 e. The number of hydrogen-bond donors (Lipinski definition) is 1. The fourth-order valence-corrected chi connectivity index (χ4v) is 3.60. The molecule has 0 spiro atoms. The Kier molecular flexibility index (Phi) is 4.58. The molecule has 0 aliphatic carbocycles. The highest BCUT2D eigenvalue weighted by Crippen LogP contribution is 2.25. The summed E-state index contributed by atoms with van der Waals surface area (Å²) in [5.41, 5.74) is 1.25. The van der Waals surface area contributed by atoms with Crippen LogP contribution >= 0.6 is 0 Å². The molecule has 0 radical (unpaired) electrons. The van der Waals surface area contributed by atoms with Crippen LogP contribution in [0.4, 0.5) is 0 Å². The molecule has 0 unspecified atom stereocenters. The molecule has 1 amide bonds. The van der Waals surface area contributed by atoms with E-state index in [0.29, 0.717) is 12.2 Å². The van der Waals surface area contributed by atoms with Crippen LogP contribution in [0.15, 0.2) is 61.1 Å². The Morgan fingerprint density at radius 3 is 2.63 bits per heavy atom. The van der Waals surface area contributed by atoms with Gasteiger partial charge in [-0.2, -0.15) is 5.10 Å². The molecule has 3 heterocycles. The van der Waals surface area contributed by atoms with Gasteiger partial charge >= 0.3 is 0 Å². The summed E-state index contributed by atoms with van der Waals surface area (Å²) >= 11 is 0. The second-order valence-electron chi connectivity index (χ2n) is 7.49. The van der Waals surface area contributed by atoms with E-state index >= 15 is 0 Å². The van der Waals surface area contributed by atoms with Gasteiger partial charge in [0.05, 0.1) is 17.5 Å². The van der Waals surface area contributed by atoms with Gasteiger partial charge in [-0.15, -0.1) is 0 Å². The Morgan fingerprint density at radius 2 is 1.93 bits per heavy atom. The number of carbonyl (C=O) groups excluding carboxylic acids is 1. The molecule has 1 aliphatic heterocycles. The first-order chi connectivity index (χ1) is 13.0. The van der Waals surface area contributed by atoms with Crippen LogP contribution in [-0.2, 0) is 4.74 Å². The van der Waals surface area contributed by atoms with Crippen molar-refractivity contribution in [3.63, 3.8) is 0 Å². The average molecular weight is 364 g/mol. The zero-order chi connectivity index (χ0) is 18.9. The molecule has 140 valence electrons. The minimum Gasteiger partial charge on any atom is -0.375 e. The number of ether oxygens (including phenoxy) is 1. The van der Waals surface area contributed by atoms with Crippen molar-refractivity contribution in [1.82, 2.24) is 19.7 Å². The van der Waals surface area contributed by atoms with Gasteiger partial charge in [-0.1, -0.05) is 18.2 Å². The highest BCUT2D eigenvalue weighted by atomic mass is 16.5. The summed E-state index contributed by atoms with van der Waals surface area (Å²) in [5, 5.41) is 7.67. The average Bonchev–Trinajstić information content (AvgIpc) is 3.31. The molecule has 2 aromatic heterocycles. The molecule has 0 bridgehead atoms. The van der Waals surface area contributed by atoms with E-state index in [1.165, 1.54) is 0 Å². The largest absolute Gasteiger partial charge is 0.375 e. The van der Waals surface area contributed by atoms with Crippen LogP contribution in [0.3, 0.4) is 0 Å². The molecule has 6 nitrogen and oxygen atoms in total. The van der Waals surface area contributed by atoms with Crippen LogP contribution in [-0.4, -0.2) is 38.5 Å². The van der Waals surface area contributed by atoms with Crippen molar-refractivity contribution in [2.24, 2.45) is 0 Å². The van der Waals surface area contributed by atoms with Crippen LogP contribution in [0.1, 0.15) is 37.0 Å². The molecule has 1 N–H and O–H groups in total. The highest BCUT2D eigenvalue weighted by Gasteiger charge is 2.31. The molecule has 0 saturated carbocycles. The molecule has 1 saturated heterocycles. The second kappa shape index (κ2) is 7.04. The van der Waals surface area contributed by atoms with Gasteiger partial charge in [0.1, 0.15) is 5.56 Å². The fourth-order valence-electron chi connectivity index (χ4n) is 3.60. The standard InChI is InChI=1S/C21H24N4O2/c1-21(2)14-16(10-13-27-21)23-19(26)18-15-22-25(17-8-4-3-5-9-17)20(18)24-11-6-7-12-24/h3-9,11-12,15-16H,10,13-14H2,1-2H3,(H,23,26)/t16-/m0/s1. The van der Waals surface area contributed by atoms with E-state index in [1.807, 2.05) is 59.4 Å². The lowest BCUT2D eigenvalue weighted by Crippen LogP contribution is -2.45. The van der Waals surface area contributed by atoms with Crippen molar-refractivity contribution in [2.45, 2.75) is 38.3 Å². The molecule has 1 atom stereocenters. The number of amides is 1. The maximum atomic E-state index is 13.1. The van der Waals surface area contributed by atoms with Gasteiger partial charge in [0.2, 0.25) is 0 Å². The molecular formula is C21H24N4O2. The first-order valence-corrected chi connectivity index (χ1v) is 9.25. The molecule has 1 aromatic carbocycles. The fraction of sp³-hybridized carbons (Fsp3) is 0.333. The van der Waals surface area contributed by atoms with Gasteiger partial charge < -0.3 is 14.6 Å². The summed E-state index contributed by atoms with van der Waals surface area (Å²) in [4.78, 5) is 13.1. The normalized spacial score (nSPS) is 19.0. The number of benzene rings is 1. The van der Waals surface area contributed by atoms with E-state index in [2.05, 4.69) is 24.3 Å². The number of aromatic nitrogens is 3. The number of carbonyl (C=O) groups is 1. The van der Waals surface area contributed by atoms with Crippen LogP contribution in [0, 0.1) is 0 Å². The van der Waals surface area contributed by atoms with Crippen LogP contribution in [0.5, 0.6) is 0 Å². The van der Waals surface area contributed by atoms with Crippen molar-refractivity contribution in [2.75, 3.05) is 6.61 Å². The van der Waals surface area contributed by atoms with E-state index in [4.69, 9.17) is 4.74 Å². The van der Waals surface area contributed by atoms with Crippen molar-refractivity contribution >= 4 is 5.91 Å². The van der Waals surface area contributed by atoms with Crippen LogP contribution in [0.25, 0.3) is 11.5 Å². The van der Waals surface area contributed by atoms with E-state index in [-0.39, 0.29) is 17.6 Å². The van der Waals surface area contributed by atoms with Crippen LogP contribution < -0.4 is 5.32 Å². The summed E-state index contributed by atoms with van der Waals surface area (Å²) in [7, 11) is 0. The third kappa shape index (κ3) is 3.66. The number of nitrogens with zero attached hydrogens (tertiary/aromatic N) is 3. The molecule has 6 heteroatoms. The molecule has 3 aromatic rings. The van der Waals surface area contributed by atoms with E-state index < -0.39 is 0 Å². The predicted octanol–water partition coefficient (Wildman–Crippen LogP) is 3.35. The number of nitrogens with one attached hydrogen (secondary N) is 1. The van der Waals surface area contributed by atoms with Crippen molar-refractivity contribution in [3.8, 4) is 11.5 Å². The predicted molar refractivity (Wildman–Crippen MR) is 103 cm³/mol. The minimum absolute atomic E-state index is 0.0961. The molecule has 27 heavy (non-hydrogen) atoms. The summed E-state index contributed by atoms with van der Waals surface area (Å²) < 4.78 is 9.47. The minimum atomic E-state index is -0.215. The monoisotopic (exact) mass is 364 g/mol. The Morgan fingerprint density at radius 1 is 1.19 bits per heavy atom. The summed E-state index contributed by atoms with van der Waals surface area (Å²) in [5.74, 6) is 0.624. The Bertz CT molecular complexity index is 913. The third-order valence-electron chi connectivity index (χ3n) is 4.87. The van der Waals surface area contributed by atoms with E-state index in [9.17, 15) is 4.79 Å². The van der Waals surface area contributed by atoms with Gasteiger partial charge in [-0.25, -0.2) is 4.68 Å². The van der Waals surface area contributed by atoms with Gasteiger partial charge in [-0.3, -0.25) is 4.79 Å². The van der Waals surface area contributed by atoms with Gasteiger partial charge in [-0.05, 0) is 51.0 Å². The maximum absolute atomic E-state index is 13.1. The van der Waals surface area contributed by atoms with Gasteiger partial charge in [0.25, 0.3) is 5.91 Å². The number of para-hydroxylation sites is 1. The zero-order valence-corrected chi connectivity index (χ0v) is 15.6. The Balaban J connectivity index is 1.67. The maximum Gasteiger partial charge on any atom is 0.256 e. The topological polar surface area (TPSA) is 61.1 Å². The van der Waals surface area contributed by atoms with Crippen molar-refractivity contribution < 1.29 is 9.53 Å². The molecular weight excluding hydrogens is 340 g/mol. The molecule has 4 rings (SSSR count). The second-order valence-corrected chi connectivity index (χ2v) is 7.49. The van der Waals surface area contributed by atoms with E-state index in [0.717, 1.165) is 24.3 Å². The lowest BCUT2D eigenvalue weighted by atomic mass is 9.94. The van der Waals surface area contributed by atoms with Crippen molar-refractivity contribution in [3.05, 3.63) is 66.6 Å². The first-order valence-electron chi connectivity index (χ1n) is 9.25. The van der Waals surface area contributed by atoms with E-state index in [1.54, 1.807) is 10.9 Å². The van der Waals surface area contributed by atoms with Gasteiger partial charge in [0, 0.05) is 25.0 Å². The quantitative estimate of drug-likeness (QED) is 0.772. The van der Waals surface area contributed by atoms with Crippen LogP contribution in [0.2, 0.25) is 0 Å². The first kappa shape index (κ1) is 17.5. The third-order valence-corrected chi connectivity index (χ3v) is 4.87. The summed E-state index contributed by atoms with van der Waals surface area (Å²) in [6.07, 6.45) is 7.10. The number of hydrogen-bond acceptors (Lipinski definition) is 3. The molecule has 1 fully saturated rings. The Hall–Kier alpha value is -2.86. The summed E-state index contributed by atoms with van der Waals surface area (Å²) in [6, 6.07) is 13.8. The SMILES string of the molecule is CC1(C)C[C@@H](NC(=O)c2cnn(-c3ccccc3)c2-n2cccc2)CCO1. The Labute approximate surface area is 158 Å². The van der Waals surface area contributed by atoms with Gasteiger partial charge in [0.15, 0.2) is 5.82 Å². The highest BCUT2D eigenvalue weighted by molar-refractivity contribution is 5.97. The summed E-state index contributed by atoms with van der Waals surface area (Å²) in [6.45, 7) is 4.78. The van der Waals surface area contributed by atoms with Crippen molar-refractivity contribution in [1.29, 1.82) is 0 Å². The number of rotatable bonds is 4. The lowest BCUT2D eigenvalue weighted by Gasteiger charge is -2.35. The molecule has 1 aliphatic rings. The lowest BCUT2D eigenvalue weighted by molar-refractivity contribution is -0.0615. The zero-order valence-electron chi connectivity index (χ0n) is 15.6.